The summed E-state index contributed by atoms with van der Waals surface area (Å²) in [5.74, 6) is 0.921. The van der Waals surface area contributed by atoms with Crippen molar-refractivity contribution in [3.63, 3.8) is 0 Å². The van der Waals surface area contributed by atoms with E-state index in [0.29, 0.717) is 12.6 Å². The average molecular weight is 464 g/mol. The maximum atomic E-state index is 11.4. The fourth-order valence-corrected chi connectivity index (χ4v) is 7.35. The summed E-state index contributed by atoms with van der Waals surface area (Å²) in [5.41, 5.74) is 2.59. The number of nitrogens with zero attached hydrogens (tertiary/aromatic N) is 3. The fraction of sp³-hybridized carbons (Fsp3) is 0.696. The summed E-state index contributed by atoms with van der Waals surface area (Å²) in [7, 11) is -2.98. The zero-order valence-corrected chi connectivity index (χ0v) is 20.2. The zero-order valence-electron chi connectivity index (χ0n) is 18.5. The number of fused-ring (bicyclic) bond motifs is 2. The average Bonchev–Trinajstić information content (AvgIpc) is 3.28. The molecule has 1 saturated carbocycles. The molecule has 2 fully saturated rings. The van der Waals surface area contributed by atoms with Gasteiger partial charge in [-0.1, -0.05) is 6.42 Å². The van der Waals surface area contributed by atoms with Gasteiger partial charge in [0.1, 0.15) is 15.4 Å². The molecule has 2 aliphatic heterocycles. The summed E-state index contributed by atoms with van der Waals surface area (Å²) >= 11 is 2.04. The number of ether oxygens (including phenoxy) is 1. The van der Waals surface area contributed by atoms with Gasteiger partial charge in [-0.3, -0.25) is 9.58 Å². The summed E-state index contributed by atoms with van der Waals surface area (Å²) in [5, 5.41) is 4.36. The molecule has 0 radical (unpaired) electrons. The van der Waals surface area contributed by atoms with Gasteiger partial charge in [0.05, 0.1) is 25.1 Å². The first kappa shape index (κ1) is 21.6. The second-order valence-corrected chi connectivity index (χ2v) is 13.1. The molecule has 0 N–H and O–H groups in total. The number of piperidine rings is 1. The molecule has 0 unspecified atom stereocenters. The summed E-state index contributed by atoms with van der Waals surface area (Å²) in [6, 6.07) is 2.92. The molecule has 0 aromatic carbocycles. The van der Waals surface area contributed by atoms with Gasteiger partial charge in [-0.15, -0.1) is 11.3 Å². The van der Waals surface area contributed by atoms with Crippen LogP contribution in [0.25, 0.3) is 0 Å². The van der Waals surface area contributed by atoms with E-state index in [1.165, 1.54) is 30.4 Å². The minimum Gasteiger partial charge on any atom is -0.369 e. The minimum atomic E-state index is -2.98. The topological polar surface area (TPSA) is 64.4 Å². The molecule has 0 bridgehead atoms. The Balaban J connectivity index is 1.25. The molecule has 170 valence electrons. The Hall–Kier alpha value is -1.22. The Bertz CT molecular complexity index is 1040. The van der Waals surface area contributed by atoms with Crippen LogP contribution in [0.15, 0.2) is 18.5 Å². The third-order valence-electron chi connectivity index (χ3n) is 7.31. The van der Waals surface area contributed by atoms with E-state index in [2.05, 4.69) is 23.0 Å². The molecule has 1 aliphatic carbocycles. The van der Waals surface area contributed by atoms with Crippen LogP contribution in [0.4, 0.5) is 0 Å². The van der Waals surface area contributed by atoms with Crippen molar-refractivity contribution in [1.82, 2.24) is 14.7 Å². The molecule has 6 nitrogen and oxygen atoms in total. The summed E-state index contributed by atoms with van der Waals surface area (Å²) in [4.78, 5) is 5.62. The van der Waals surface area contributed by atoms with Crippen LogP contribution in [0.5, 0.6) is 0 Å². The molecule has 3 aliphatic rings. The predicted octanol–water partition coefficient (Wildman–Crippen LogP) is 3.71. The van der Waals surface area contributed by atoms with Crippen LogP contribution >= 0.6 is 11.3 Å². The third kappa shape index (κ3) is 4.49. The van der Waals surface area contributed by atoms with Gasteiger partial charge in [-0.2, -0.15) is 5.10 Å². The van der Waals surface area contributed by atoms with E-state index in [4.69, 9.17) is 4.74 Å². The van der Waals surface area contributed by atoms with Crippen LogP contribution in [0.3, 0.4) is 0 Å². The molecule has 0 amide bonds. The number of aryl methyl sites for hydroxylation is 1. The van der Waals surface area contributed by atoms with E-state index < -0.39 is 9.84 Å². The van der Waals surface area contributed by atoms with Gasteiger partial charge >= 0.3 is 0 Å². The first-order valence-electron chi connectivity index (χ1n) is 11.5. The second-order valence-electron chi connectivity index (χ2n) is 9.74. The molecule has 4 heterocycles. The molecule has 1 saturated heterocycles. The highest BCUT2D eigenvalue weighted by Gasteiger charge is 2.45. The number of sulfone groups is 1. The molecular formula is C23H33N3O3S2. The maximum absolute atomic E-state index is 11.4. The van der Waals surface area contributed by atoms with E-state index in [9.17, 15) is 8.42 Å². The molecule has 5 rings (SSSR count). The number of aromatic nitrogens is 2. The van der Waals surface area contributed by atoms with E-state index >= 15 is 0 Å². The van der Waals surface area contributed by atoms with Crippen molar-refractivity contribution in [3.8, 4) is 0 Å². The van der Waals surface area contributed by atoms with Crippen molar-refractivity contribution in [3.05, 3.63) is 39.3 Å². The Kier molecular flexibility index (Phi) is 5.78. The minimum absolute atomic E-state index is 0.101. The van der Waals surface area contributed by atoms with Crippen LogP contribution in [-0.2, 0) is 39.7 Å². The van der Waals surface area contributed by atoms with Gasteiger partial charge in [0.2, 0.25) is 0 Å². The number of hydrogen-bond donors (Lipinski definition) is 0. The highest BCUT2D eigenvalue weighted by atomic mass is 32.2. The second kappa shape index (κ2) is 8.28. The SMILES string of the molecule is C[C@H]1C[C@@]2(CCN1Cc1cnn(CCS(C)(=O)=O)c1)OCCc1cc(C3CCC3)sc12. The molecule has 2 aromatic heterocycles. The van der Waals surface area contributed by atoms with Crippen molar-refractivity contribution < 1.29 is 13.2 Å². The molecule has 1 spiro atoms. The standard InChI is InChI=1S/C23H33N3O3S2/c1-17-13-23(22-20(6-10-29-23)12-21(30-22)19-4-3-5-19)7-8-25(17)15-18-14-24-26(16-18)9-11-31(2,27)28/h12,14,16-17,19H,3-11,13,15H2,1-2H3/t17-,23+/m0/s1. The van der Waals surface area contributed by atoms with E-state index in [0.717, 1.165) is 50.4 Å². The number of likely N-dealkylation sites (tertiary alicyclic amines) is 1. The first-order chi connectivity index (χ1) is 14.8. The lowest BCUT2D eigenvalue weighted by Crippen LogP contribution is -2.49. The Labute approximate surface area is 189 Å². The van der Waals surface area contributed by atoms with E-state index in [1.54, 1.807) is 15.1 Å². The molecule has 8 heteroatoms. The summed E-state index contributed by atoms with van der Waals surface area (Å²) in [6.45, 7) is 5.42. The van der Waals surface area contributed by atoms with Crippen LogP contribution in [0.1, 0.15) is 65.8 Å². The van der Waals surface area contributed by atoms with Crippen molar-refractivity contribution >= 4 is 21.2 Å². The third-order valence-corrected chi connectivity index (χ3v) is 9.76. The fourth-order valence-electron chi connectivity index (χ4n) is 5.27. The van der Waals surface area contributed by atoms with Gasteiger partial charge in [-0.05, 0) is 56.6 Å². The van der Waals surface area contributed by atoms with Gasteiger partial charge in [0, 0.05) is 46.9 Å². The van der Waals surface area contributed by atoms with E-state index in [-0.39, 0.29) is 11.4 Å². The lowest BCUT2D eigenvalue weighted by atomic mass is 9.81. The Morgan fingerprint density at radius 3 is 2.90 bits per heavy atom. The van der Waals surface area contributed by atoms with Gasteiger partial charge in [0.15, 0.2) is 0 Å². The van der Waals surface area contributed by atoms with Crippen LogP contribution in [0.2, 0.25) is 0 Å². The van der Waals surface area contributed by atoms with Crippen LogP contribution < -0.4 is 0 Å². The number of hydrogen-bond acceptors (Lipinski definition) is 6. The maximum Gasteiger partial charge on any atom is 0.149 e. The van der Waals surface area contributed by atoms with Gasteiger partial charge in [0.25, 0.3) is 0 Å². The quantitative estimate of drug-likeness (QED) is 0.653. The zero-order chi connectivity index (χ0) is 21.6. The number of rotatable bonds is 6. The first-order valence-corrected chi connectivity index (χ1v) is 14.4. The highest BCUT2D eigenvalue weighted by molar-refractivity contribution is 7.90. The Morgan fingerprint density at radius 2 is 2.19 bits per heavy atom. The van der Waals surface area contributed by atoms with E-state index in [1.807, 2.05) is 23.7 Å². The van der Waals surface area contributed by atoms with Crippen molar-refractivity contribution in [2.75, 3.05) is 25.2 Å². The molecule has 2 atom stereocenters. The summed E-state index contributed by atoms with van der Waals surface area (Å²) < 4.78 is 31.1. The van der Waals surface area contributed by atoms with Crippen molar-refractivity contribution in [2.24, 2.45) is 0 Å². The van der Waals surface area contributed by atoms with Crippen molar-refractivity contribution in [1.29, 1.82) is 0 Å². The smallest absolute Gasteiger partial charge is 0.149 e. The van der Waals surface area contributed by atoms with Gasteiger partial charge < -0.3 is 4.74 Å². The molecule has 2 aromatic rings. The predicted molar refractivity (Wildman–Crippen MR) is 123 cm³/mol. The van der Waals surface area contributed by atoms with Crippen LogP contribution in [-0.4, -0.2) is 54.3 Å². The lowest BCUT2D eigenvalue weighted by Gasteiger charge is -2.47. The van der Waals surface area contributed by atoms with Gasteiger partial charge in [-0.25, -0.2) is 8.42 Å². The van der Waals surface area contributed by atoms with Crippen molar-refractivity contribution in [2.45, 2.75) is 76.1 Å². The number of thiophene rings is 1. The van der Waals surface area contributed by atoms with Crippen LogP contribution in [0, 0.1) is 0 Å². The highest BCUT2D eigenvalue weighted by Crippen LogP contribution is 2.50. The largest absolute Gasteiger partial charge is 0.369 e. The molecule has 31 heavy (non-hydrogen) atoms. The monoisotopic (exact) mass is 463 g/mol. The normalized spacial score (nSPS) is 27.4. The Morgan fingerprint density at radius 1 is 1.35 bits per heavy atom. The molecular weight excluding hydrogens is 430 g/mol. The lowest BCUT2D eigenvalue weighted by molar-refractivity contribution is -0.110. The summed E-state index contributed by atoms with van der Waals surface area (Å²) in [6.07, 6.45) is 12.4.